The van der Waals surface area contributed by atoms with Crippen LogP contribution in [0.5, 0.6) is 0 Å². The third-order valence-electron chi connectivity index (χ3n) is 4.38. The number of benzene rings is 1. The van der Waals surface area contributed by atoms with Gasteiger partial charge in [-0.25, -0.2) is 4.79 Å². The summed E-state index contributed by atoms with van der Waals surface area (Å²) in [5.74, 6) is -0.199. The van der Waals surface area contributed by atoms with Crippen LogP contribution in [0.4, 0.5) is 0 Å². The minimum Gasteiger partial charge on any atom is -0.477 e. The monoisotopic (exact) mass is 285 g/mol. The van der Waals surface area contributed by atoms with Crippen LogP contribution >= 0.6 is 0 Å². The molecule has 1 fully saturated rings. The van der Waals surface area contributed by atoms with Gasteiger partial charge in [-0.15, -0.1) is 0 Å². The van der Waals surface area contributed by atoms with Crippen LogP contribution in [0.1, 0.15) is 58.8 Å². The highest BCUT2D eigenvalue weighted by molar-refractivity contribution is 5.96. The summed E-state index contributed by atoms with van der Waals surface area (Å²) in [5.41, 5.74) is 3.63. The van der Waals surface area contributed by atoms with Gasteiger partial charge in [-0.1, -0.05) is 36.2 Å². The van der Waals surface area contributed by atoms with E-state index in [1.807, 2.05) is 32.0 Å². The summed E-state index contributed by atoms with van der Waals surface area (Å²) in [6, 6.07) is 5.91. The van der Waals surface area contributed by atoms with Gasteiger partial charge in [0.15, 0.2) is 5.76 Å². The molecule has 4 nitrogen and oxygen atoms in total. The van der Waals surface area contributed by atoms with E-state index in [0.717, 1.165) is 42.4 Å². The van der Waals surface area contributed by atoms with Crippen LogP contribution in [-0.2, 0) is 0 Å². The van der Waals surface area contributed by atoms with Gasteiger partial charge < -0.3 is 9.63 Å². The molecule has 1 aliphatic carbocycles. The van der Waals surface area contributed by atoms with E-state index in [0.29, 0.717) is 11.5 Å². The largest absolute Gasteiger partial charge is 0.477 e. The van der Waals surface area contributed by atoms with Crippen molar-refractivity contribution in [2.45, 2.75) is 45.4 Å². The molecule has 3 rings (SSSR count). The molecule has 0 atom stereocenters. The topological polar surface area (TPSA) is 63.3 Å². The second-order valence-electron chi connectivity index (χ2n) is 5.82. The second-order valence-corrected chi connectivity index (χ2v) is 5.82. The Morgan fingerprint density at radius 2 is 1.86 bits per heavy atom. The summed E-state index contributed by atoms with van der Waals surface area (Å²) in [6.45, 7) is 3.94. The lowest BCUT2D eigenvalue weighted by atomic mass is 9.93. The van der Waals surface area contributed by atoms with E-state index < -0.39 is 5.97 Å². The SMILES string of the molecule is Cc1cccc(C)c1-c1noc(C2CCCC2)c1C(=O)O. The van der Waals surface area contributed by atoms with Gasteiger partial charge in [-0.3, -0.25) is 0 Å². The lowest BCUT2D eigenvalue weighted by Gasteiger charge is -2.08. The van der Waals surface area contributed by atoms with E-state index in [-0.39, 0.29) is 11.5 Å². The summed E-state index contributed by atoms with van der Waals surface area (Å²) in [7, 11) is 0. The molecule has 0 aliphatic heterocycles. The Kier molecular flexibility index (Phi) is 3.53. The molecule has 0 bridgehead atoms. The molecule has 0 saturated heterocycles. The van der Waals surface area contributed by atoms with Crippen LogP contribution in [0.2, 0.25) is 0 Å². The van der Waals surface area contributed by atoms with Crippen molar-refractivity contribution in [3.8, 4) is 11.3 Å². The summed E-state index contributed by atoms with van der Waals surface area (Å²) in [4.78, 5) is 11.8. The molecule has 21 heavy (non-hydrogen) atoms. The Labute approximate surface area is 123 Å². The van der Waals surface area contributed by atoms with E-state index in [1.165, 1.54) is 0 Å². The molecule has 1 aromatic carbocycles. The molecule has 4 heteroatoms. The molecule has 1 heterocycles. The van der Waals surface area contributed by atoms with Crippen LogP contribution in [0.3, 0.4) is 0 Å². The first-order valence-electron chi connectivity index (χ1n) is 7.39. The number of aromatic nitrogens is 1. The summed E-state index contributed by atoms with van der Waals surface area (Å²) in [6.07, 6.45) is 4.23. The molecular formula is C17H19NO3. The van der Waals surface area contributed by atoms with E-state index in [1.54, 1.807) is 0 Å². The van der Waals surface area contributed by atoms with Crippen LogP contribution in [-0.4, -0.2) is 16.2 Å². The van der Waals surface area contributed by atoms with E-state index >= 15 is 0 Å². The molecule has 1 saturated carbocycles. The Bertz CT molecular complexity index is 661. The first-order valence-corrected chi connectivity index (χ1v) is 7.39. The molecule has 1 N–H and O–H groups in total. The van der Waals surface area contributed by atoms with Crippen molar-refractivity contribution >= 4 is 5.97 Å². The van der Waals surface area contributed by atoms with E-state index in [9.17, 15) is 9.90 Å². The number of rotatable bonds is 3. The summed E-state index contributed by atoms with van der Waals surface area (Å²) in [5, 5.41) is 13.8. The molecular weight excluding hydrogens is 266 g/mol. The van der Waals surface area contributed by atoms with Crippen molar-refractivity contribution in [1.29, 1.82) is 0 Å². The number of hydrogen-bond acceptors (Lipinski definition) is 3. The average Bonchev–Trinajstić information content (AvgIpc) is 3.06. The molecule has 0 radical (unpaired) electrons. The number of hydrogen-bond donors (Lipinski definition) is 1. The molecule has 110 valence electrons. The Morgan fingerprint density at radius 1 is 1.24 bits per heavy atom. The molecule has 0 unspecified atom stereocenters. The van der Waals surface area contributed by atoms with Gasteiger partial charge in [-0.2, -0.15) is 0 Å². The zero-order valence-electron chi connectivity index (χ0n) is 12.3. The number of aryl methyl sites for hydroxylation is 2. The fraction of sp³-hybridized carbons (Fsp3) is 0.412. The molecule has 2 aromatic rings. The maximum Gasteiger partial charge on any atom is 0.341 e. The van der Waals surface area contributed by atoms with Gasteiger partial charge in [0.2, 0.25) is 0 Å². The quantitative estimate of drug-likeness (QED) is 0.912. The van der Waals surface area contributed by atoms with Gasteiger partial charge in [0.05, 0.1) is 0 Å². The van der Waals surface area contributed by atoms with E-state index in [2.05, 4.69) is 5.16 Å². The Hall–Kier alpha value is -2.10. The Morgan fingerprint density at radius 3 is 2.43 bits per heavy atom. The van der Waals surface area contributed by atoms with Crippen molar-refractivity contribution in [3.05, 3.63) is 40.6 Å². The lowest BCUT2D eigenvalue weighted by Crippen LogP contribution is -2.05. The summed E-state index contributed by atoms with van der Waals surface area (Å²) < 4.78 is 5.47. The van der Waals surface area contributed by atoms with Gasteiger partial charge in [0, 0.05) is 11.5 Å². The van der Waals surface area contributed by atoms with Crippen molar-refractivity contribution < 1.29 is 14.4 Å². The third kappa shape index (κ3) is 2.35. The predicted molar refractivity (Wildman–Crippen MR) is 79.6 cm³/mol. The van der Waals surface area contributed by atoms with Crippen molar-refractivity contribution in [3.63, 3.8) is 0 Å². The number of nitrogens with zero attached hydrogens (tertiary/aromatic N) is 1. The average molecular weight is 285 g/mol. The molecule has 1 aromatic heterocycles. The zero-order chi connectivity index (χ0) is 15.0. The maximum absolute atomic E-state index is 11.8. The van der Waals surface area contributed by atoms with Gasteiger partial charge in [-0.05, 0) is 37.8 Å². The number of carboxylic acids is 1. The van der Waals surface area contributed by atoms with Crippen LogP contribution in [0.15, 0.2) is 22.7 Å². The molecule has 1 aliphatic rings. The predicted octanol–water partition coefficient (Wildman–Crippen LogP) is 4.31. The highest BCUT2D eigenvalue weighted by Crippen LogP contribution is 2.40. The highest BCUT2D eigenvalue weighted by atomic mass is 16.5. The van der Waals surface area contributed by atoms with E-state index in [4.69, 9.17) is 4.52 Å². The second kappa shape index (κ2) is 5.35. The molecule has 0 amide bonds. The number of carbonyl (C=O) groups is 1. The van der Waals surface area contributed by atoms with Crippen LogP contribution in [0.25, 0.3) is 11.3 Å². The normalized spacial score (nSPS) is 15.5. The minimum atomic E-state index is -0.948. The fourth-order valence-electron chi connectivity index (χ4n) is 3.33. The zero-order valence-corrected chi connectivity index (χ0v) is 12.3. The molecule has 0 spiro atoms. The number of carboxylic acid groups (broad SMARTS) is 1. The smallest absolute Gasteiger partial charge is 0.341 e. The minimum absolute atomic E-state index is 0.196. The van der Waals surface area contributed by atoms with Crippen LogP contribution < -0.4 is 0 Å². The standard InChI is InChI=1S/C17H19NO3/c1-10-6-5-7-11(2)13(10)15-14(17(19)20)16(21-18-15)12-8-3-4-9-12/h5-7,12H,3-4,8-9H2,1-2H3,(H,19,20). The van der Waals surface area contributed by atoms with Crippen molar-refractivity contribution in [2.24, 2.45) is 0 Å². The van der Waals surface area contributed by atoms with Crippen molar-refractivity contribution in [2.75, 3.05) is 0 Å². The first kappa shape index (κ1) is 13.9. The van der Waals surface area contributed by atoms with Gasteiger partial charge >= 0.3 is 5.97 Å². The third-order valence-corrected chi connectivity index (χ3v) is 4.38. The fourth-order valence-corrected chi connectivity index (χ4v) is 3.33. The first-order chi connectivity index (χ1) is 10.1. The highest BCUT2D eigenvalue weighted by Gasteiger charge is 2.31. The maximum atomic E-state index is 11.8. The lowest BCUT2D eigenvalue weighted by molar-refractivity contribution is 0.0694. The van der Waals surface area contributed by atoms with Gasteiger partial charge in [0.1, 0.15) is 11.3 Å². The van der Waals surface area contributed by atoms with Crippen LogP contribution in [0, 0.1) is 13.8 Å². The van der Waals surface area contributed by atoms with Gasteiger partial charge in [0.25, 0.3) is 0 Å². The number of aromatic carboxylic acids is 1. The van der Waals surface area contributed by atoms with Crippen molar-refractivity contribution in [1.82, 2.24) is 5.16 Å². The Balaban J connectivity index is 2.17. The summed E-state index contributed by atoms with van der Waals surface area (Å²) >= 11 is 0.